The van der Waals surface area contributed by atoms with E-state index in [1.807, 2.05) is 42.5 Å². The third-order valence-electron chi connectivity index (χ3n) is 3.50. The highest BCUT2D eigenvalue weighted by molar-refractivity contribution is 5.63. The third kappa shape index (κ3) is 2.74. The Morgan fingerprint density at radius 2 is 1.85 bits per heavy atom. The van der Waals surface area contributed by atoms with Crippen LogP contribution in [0.25, 0.3) is 6.08 Å². The van der Waals surface area contributed by atoms with Crippen LogP contribution >= 0.6 is 0 Å². The minimum Gasteiger partial charge on any atom is -0.457 e. The lowest BCUT2D eigenvalue weighted by Crippen LogP contribution is -2.14. The van der Waals surface area contributed by atoms with Crippen molar-refractivity contribution in [2.45, 2.75) is 12.8 Å². The maximum atomic E-state index is 8.80. The summed E-state index contributed by atoms with van der Waals surface area (Å²) in [6, 6.07) is 15.9. The molecule has 0 radical (unpaired) electrons. The molecule has 0 amide bonds. The van der Waals surface area contributed by atoms with Crippen molar-refractivity contribution in [2.75, 3.05) is 6.54 Å². The lowest BCUT2D eigenvalue weighted by atomic mass is 9.91. The molecule has 0 bridgehead atoms. The fourth-order valence-corrected chi connectivity index (χ4v) is 2.52. The van der Waals surface area contributed by atoms with Crippen LogP contribution in [0.5, 0.6) is 11.5 Å². The summed E-state index contributed by atoms with van der Waals surface area (Å²) in [5.41, 5.74) is 5.84. The topological polar surface area (TPSA) is 41.5 Å². The summed E-state index contributed by atoms with van der Waals surface area (Å²) >= 11 is 0. The molecular formula is C17H17NO2. The molecule has 0 fully saturated rings. The Labute approximate surface area is 118 Å². The average Bonchev–Trinajstić information content (AvgIpc) is 2.49. The molecule has 2 aromatic rings. The molecule has 102 valence electrons. The number of hydrogen-bond acceptors (Lipinski definition) is 3. The van der Waals surface area contributed by atoms with Crippen molar-refractivity contribution in [3.63, 3.8) is 0 Å². The van der Waals surface area contributed by atoms with Gasteiger partial charge in [0.05, 0.1) is 0 Å². The molecule has 0 aliphatic heterocycles. The van der Waals surface area contributed by atoms with E-state index in [1.165, 1.54) is 16.7 Å². The minimum absolute atomic E-state index is 0.517. The zero-order valence-corrected chi connectivity index (χ0v) is 11.2. The van der Waals surface area contributed by atoms with Crippen LogP contribution in [-0.2, 0) is 6.42 Å². The molecule has 0 saturated carbocycles. The summed E-state index contributed by atoms with van der Waals surface area (Å²) in [5, 5.41) is 8.80. The van der Waals surface area contributed by atoms with Crippen LogP contribution in [0.1, 0.15) is 17.5 Å². The number of rotatable bonds is 4. The van der Waals surface area contributed by atoms with E-state index in [4.69, 9.17) is 9.94 Å². The fourth-order valence-electron chi connectivity index (χ4n) is 2.52. The van der Waals surface area contributed by atoms with Gasteiger partial charge in [0, 0.05) is 12.1 Å². The molecule has 1 aliphatic carbocycles. The molecule has 20 heavy (non-hydrogen) atoms. The van der Waals surface area contributed by atoms with Crippen molar-refractivity contribution in [1.29, 1.82) is 0 Å². The van der Waals surface area contributed by atoms with E-state index in [0.717, 1.165) is 24.3 Å². The van der Waals surface area contributed by atoms with Crippen LogP contribution in [0.2, 0.25) is 0 Å². The van der Waals surface area contributed by atoms with E-state index in [-0.39, 0.29) is 0 Å². The number of ether oxygens (including phenoxy) is 1. The molecule has 3 heteroatoms. The van der Waals surface area contributed by atoms with Crippen LogP contribution in [-0.4, -0.2) is 11.8 Å². The van der Waals surface area contributed by atoms with Gasteiger partial charge in [0.25, 0.3) is 0 Å². The van der Waals surface area contributed by atoms with Crippen molar-refractivity contribution in [3.8, 4) is 11.5 Å². The molecule has 0 unspecified atom stereocenters. The molecule has 0 aromatic heterocycles. The van der Waals surface area contributed by atoms with E-state index in [1.54, 1.807) is 0 Å². The fraction of sp³-hybridized carbons (Fsp3) is 0.176. The highest BCUT2D eigenvalue weighted by Crippen LogP contribution is 2.33. The van der Waals surface area contributed by atoms with Gasteiger partial charge >= 0.3 is 0 Å². The first-order valence-electron chi connectivity index (χ1n) is 6.78. The molecule has 1 aliphatic rings. The molecule has 2 N–H and O–H groups in total. The van der Waals surface area contributed by atoms with Crippen LogP contribution in [0.4, 0.5) is 0 Å². The quantitative estimate of drug-likeness (QED) is 0.828. The predicted molar refractivity (Wildman–Crippen MR) is 79.0 cm³/mol. The minimum atomic E-state index is 0.517. The Bertz CT molecular complexity index is 620. The van der Waals surface area contributed by atoms with E-state index in [2.05, 4.69) is 17.6 Å². The van der Waals surface area contributed by atoms with Crippen LogP contribution in [0.15, 0.2) is 54.1 Å². The smallest absolute Gasteiger partial charge is 0.131 e. The van der Waals surface area contributed by atoms with Gasteiger partial charge in [-0.2, -0.15) is 0 Å². The first kappa shape index (κ1) is 12.9. The summed E-state index contributed by atoms with van der Waals surface area (Å²) in [7, 11) is 0. The van der Waals surface area contributed by atoms with Crippen molar-refractivity contribution in [3.05, 3.63) is 65.2 Å². The molecule has 0 heterocycles. The number of para-hydroxylation sites is 1. The monoisotopic (exact) mass is 267 g/mol. The summed E-state index contributed by atoms with van der Waals surface area (Å²) in [6.07, 6.45) is 4.00. The summed E-state index contributed by atoms with van der Waals surface area (Å²) in [6.45, 7) is 0.517. The number of nitrogens with one attached hydrogen (secondary N) is 1. The summed E-state index contributed by atoms with van der Waals surface area (Å²) < 4.78 is 5.98. The average molecular weight is 267 g/mol. The molecule has 3 rings (SSSR count). The Hall–Kier alpha value is -2.10. The highest BCUT2D eigenvalue weighted by Gasteiger charge is 2.14. The molecule has 0 saturated heterocycles. The first-order chi connectivity index (χ1) is 9.86. The Morgan fingerprint density at radius 3 is 2.65 bits per heavy atom. The second kappa shape index (κ2) is 5.90. The SMILES string of the molecule is ONCC1=Cc2cccc(Oc3ccccc3)c2CC1. The van der Waals surface area contributed by atoms with Gasteiger partial charge in [-0.05, 0) is 36.6 Å². The van der Waals surface area contributed by atoms with E-state index >= 15 is 0 Å². The zero-order valence-electron chi connectivity index (χ0n) is 11.2. The van der Waals surface area contributed by atoms with Gasteiger partial charge in [0.15, 0.2) is 0 Å². The van der Waals surface area contributed by atoms with Gasteiger partial charge in [-0.1, -0.05) is 42.0 Å². The largest absolute Gasteiger partial charge is 0.457 e. The number of hydroxylamine groups is 1. The van der Waals surface area contributed by atoms with Crippen LogP contribution in [0.3, 0.4) is 0 Å². The lowest BCUT2D eigenvalue weighted by Gasteiger charge is -2.19. The van der Waals surface area contributed by atoms with Crippen molar-refractivity contribution in [2.24, 2.45) is 0 Å². The van der Waals surface area contributed by atoms with Gasteiger partial charge in [0.2, 0.25) is 0 Å². The van der Waals surface area contributed by atoms with Gasteiger partial charge in [-0.15, -0.1) is 0 Å². The van der Waals surface area contributed by atoms with Gasteiger partial charge < -0.3 is 9.94 Å². The molecule has 0 atom stereocenters. The van der Waals surface area contributed by atoms with E-state index in [0.29, 0.717) is 6.54 Å². The van der Waals surface area contributed by atoms with Gasteiger partial charge in [-0.25, -0.2) is 5.48 Å². The maximum absolute atomic E-state index is 8.80. The molecule has 2 aromatic carbocycles. The molecular weight excluding hydrogens is 250 g/mol. The highest BCUT2D eigenvalue weighted by atomic mass is 16.5. The Morgan fingerprint density at radius 1 is 1.00 bits per heavy atom. The Balaban J connectivity index is 1.90. The van der Waals surface area contributed by atoms with Gasteiger partial charge in [-0.3, -0.25) is 0 Å². The van der Waals surface area contributed by atoms with Crippen molar-refractivity contribution >= 4 is 6.08 Å². The predicted octanol–water partition coefficient (Wildman–Crippen LogP) is 3.79. The van der Waals surface area contributed by atoms with Gasteiger partial charge in [0.1, 0.15) is 11.5 Å². The third-order valence-corrected chi connectivity index (χ3v) is 3.50. The van der Waals surface area contributed by atoms with Crippen molar-refractivity contribution in [1.82, 2.24) is 5.48 Å². The molecule has 3 nitrogen and oxygen atoms in total. The van der Waals surface area contributed by atoms with Crippen molar-refractivity contribution < 1.29 is 9.94 Å². The number of benzene rings is 2. The van der Waals surface area contributed by atoms with E-state index < -0.39 is 0 Å². The second-order valence-corrected chi connectivity index (χ2v) is 4.88. The first-order valence-corrected chi connectivity index (χ1v) is 6.78. The van der Waals surface area contributed by atoms with E-state index in [9.17, 15) is 0 Å². The zero-order chi connectivity index (χ0) is 13.8. The normalized spacial score (nSPS) is 13.6. The Kier molecular flexibility index (Phi) is 3.81. The summed E-state index contributed by atoms with van der Waals surface area (Å²) in [5.74, 6) is 1.77. The molecule has 0 spiro atoms. The lowest BCUT2D eigenvalue weighted by molar-refractivity contribution is 0.176. The van der Waals surface area contributed by atoms with Crippen LogP contribution in [0, 0.1) is 0 Å². The maximum Gasteiger partial charge on any atom is 0.131 e. The second-order valence-electron chi connectivity index (χ2n) is 4.88. The number of hydrogen-bond donors (Lipinski definition) is 2. The summed E-state index contributed by atoms with van der Waals surface area (Å²) in [4.78, 5) is 0. The van der Waals surface area contributed by atoms with Crippen LogP contribution < -0.4 is 10.2 Å². The standard InChI is InChI=1S/C17H17NO2/c19-18-12-13-9-10-16-14(11-13)5-4-8-17(16)20-15-6-2-1-3-7-15/h1-8,11,18-19H,9-10,12H2. The number of fused-ring (bicyclic) bond motifs is 1.